The zero-order valence-corrected chi connectivity index (χ0v) is 16.3. The molecule has 0 radical (unpaired) electrons. The fraction of sp³-hybridized carbons (Fsp3) is 0.190. The molecule has 6 nitrogen and oxygen atoms in total. The Hall–Kier alpha value is -3.06. The fourth-order valence-electron chi connectivity index (χ4n) is 2.92. The van der Waals surface area contributed by atoms with E-state index in [1.54, 1.807) is 24.3 Å². The van der Waals surface area contributed by atoms with Gasteiger partial charge in [0.15, 0.2) is 17.3 Å². The number of hydrogen-bond acceptors (Lipinski definition) is 6. The Bertz CT molecular complexity index is 1080. The van der Waals surface area contributed by atoms with E-state index in [0.717, 1.165) is 27.2 Å². The number of ketones is 1. The molecule has 0 saturated heterocycles. The maximum atomic E-state index is 12.3. The zero-order chi connectivity index (χ0) is 19.7. The van der Waals surface area contributed by atoms with Gasteiger partial charge in [-0.2, -0.15) is 0 Å². The van der Waals surface area contributed by atoms with Crippen LogP contribution in [0.15, 0.2) is 47.5 Å². The number of aromatic nitrogens is 1. The summed E-state index contributed by atoms with van der Waals surface area (Å²) in [6.07, 6.45) is 0. The predicted octanol–water partition coefficient (Wildman–Crippen LogP) is 4.21. The van der Waals surface area contributed by atoms with E-state index in [9.17, 15) is 9.59 Å². The quantitative estimate of drug-likeness (QED) is 0.516. The molecule has 0 fully saturated rings. The van der Waals surface area contributed by atoms with Crippen LogP contribution in [0.2, 0.25) is 0 Å². The van der Waals surface area contributed by atoms with Crippen LogP contribution in [-0.2, 0) is 4.79 Å². The molecule has 0 aliphatic carbocycles. The smallest absolute Gasteiger partial charge is 0.234 e. The highest BCUT2D eigenvalue weighted by molar-refractivity contribution is 8.00. The molecule has 1 N–H and O–H groups in total. The van der Waals surface area contributed by atoms with Crippen LogP contribution >= 0.6 is 11.8 Å². The number of carbonyl (C=O) groups is 2. The summed E-state index contributed by atoms with van der Waals surface area (Å²) in [6.45, 7) is 3.70. The van der Waals surface area contributed by atoms with E-state index in [4.69, 9.17) is 9.47 Å². The topological polar surface area (TPSA) is 77.5 Å². The minimum Gasteiger partial charge on any atom is -0.454 e. The van der Waals surface area contributed by atoms with E-state index < -0.39 is 0 Å². The summed E-state index contributed by atoms with van der Waals surface area (Å²) < 4.78 is 10.8. The maximum absolute atomic E-state index is 12.3. The summed E-state index contributed by atoms with van der Waals surface area (Å²) >= 11 is 1.38. The van der Waals surface area contributed by atoms with Crippen LogP contribution in [0.5, 0.6) is 11.5 Å². The Kier molecular flexibility index (Phi) is 4.92. The number of aryl methyl sites for hydroxylation is 1. The molecule has 4 rings (SSSR count). The SMILES string of the molecule is CC(=O)c1ccc(NC(=O)CSc2nc3cc4c(cc3cc2C)OCO4)cc1. The average Bonchev–Trinajstić information content (AvgIpc) is 3.12. The van der Waals surface area contributed by atoms with Crippen LogP contribution < -0.4 is 14.8 Å². The van der Waals surface area contributed by atoms with Crippen molar-refractivity contribution in [3.05, 3.63) is 53.6 Å². The lowest BCUT2D eigenvalue weighted by molar-refractivity contribution is -0.113. The fourth-order valence-corrected chi connectivity index (χ4v) is 3.71. The molecule has 1 aliphatic rings. The van der Waals surface area contributed by atoms with Crippen LogP contribution in [-0.4, -0.2) is 29.2 Å². The second kappa shape index (κ2) is 7.52. The minimum atomic E-state index is -0.132. The molecule has 0 unspecified atom stereocenters. The Morgan fingerprint density at radius 2 is 1.82 bits per heavy atom. The highest BCUT2D eigenvalue weighted by atomic mass is 32.2. The summed E-state index contributed by atoms with van der Waals surface area (Å²) in [5.74, 6) is 1.51. The molecule has 28 heavy (non-hydrogen) atoms. The van der Waals surface area contributed by atoms with E-state index in [0.29, 0.717) is 17.0 Å². The first kappa shape index (κ1) is 18.3. The first-order chi connectivity index (χ1) is 13.5. The number of nitrogens with one attached hydrogen (secondary N) is 1. The number of carbonyl (C=O) groups excluding carboxylic acids is 2. The van der Waals surface area contributed by atoms with E-state index in [1.165, 1.54) is 18.7 Å². The van der Waals surface area contributed by atoms with Crippen molar-refractivity contribution in [1.82, 2.24) is 4.98 Å². The standard InChI is InChI=1S/C21H18N2O4S/c1-12-7-15-8-18-19(27-11-26-18)9-17(15)23-21(12)28-10-20(25)22-16-5-3-14(4-6-16)13(2)24/h3-9H,10-11H2,1-2H3,(H,22,25). The molecular weight excluding hydrogens is 376 g/mol. The van der Waals surface area contributed by atoms with Crippen LogP contribution in [0.4, 0.5) is 5.69 Å². The number of Topliss-reactive ketones (excluding diaryl/α,β-unsaturated/α-hetero) is 1. The minimum absolute atomic E-state index is 0.00566. The Morgan fingerprint density at radius 3 is 2.54 bits per heavy atom. The largest absolute Gasteiger partial charge is 0.454 e. The van der Waals surface area contributed by atoms with Gasteiger partial charge >= 0.3 is 0 Å². The number of hydrogen-bond donors (Lipinski definition) is 1. The summed E-state index contributed by atoms with van der Waals surface area (Å²) in [4.78, 5) is 28.3. The van der Waals surface area contributed by atoms with Crippen LogP contribution in [0.1, 0.15) is 22.8 Å². The van der Waals surface area contributed by atoms with Gasteiger partial charge in [0.05, 0.1) is 11.3 Å². The monoisotopic (exact) mass is 394 g/mol. The molecule has 0 saturated carbocycles. The van der Waals surface area contributed by atoms with Crippen LogP contribution in [0.3, 0.4) is 0 Å². The van der Waals surface area contributed by atoms with Gasteiger partial charge in [-0.05, 0) is 55.8 Å². The van der Waals surface area contributed by atoms with Crippen molar-refractivity contribution in [2.24, 2.45) is 0 Å². The molecule has 0 bridgehead atoms. The number of amides is 1. The van der Waals surface area contributed by atoms with Gasteiger partial charge in [-0.3, -0.25) is 9.59 Å². The van der Waals surface area contributed by atoms with Gasteiger partial charge in [0.2, 0.25) is 12.7 Å². The van der Waals surface area contributed by atoms with Gasteiger partial charge in [0.25, 0.3) is 0 Å². The van der Waals surface area contributed by atoms with Crippen molar-refractivity contribution in [2.45, 2.75) is 18.9 Å². The van der Waals surface area contributed by atoms with Gasteiger partial charge < -0.3 is 14.8 Å². The van der Waals surface area contributed by atoms with E-state index in [1.807, 2.05) is 25.1 Å². The molecule has 1 amide bonds. The summed E-state index contributed by atoms with van der Waals surface area (Å²) in [5, 5.41) is 4.61. The number of thioether (sulfide) groups is 1. The van der Waals surface area contributed by atoms with Gasteiger partial charge in [-0.15, -0.1) is 0 Å². The molecule has 0 atom stereocenters. The zero-order valence-electron chi connectivity index (χ0n) is 15.4. The lowest BCUT2D eigenvalue weighted by Gasteiger charge is -2.09. The highest BCUT2D eigenvalue weighted by Crippen LogP contribution is 2.36. The van der Waals surface area contributed by atoms with E-state index in [2.05, 4.69) is 10.3 Å². The number of benzene rings is 2. The first-order valence-electron chi connectivity index (χ1n) is 8.74. The lowest BCUT2D eigenvalue weighted by Crippen LogP contribution is -2.14. The van der Waals surface area contributed by atoms with Crippen LogP contribution in [0.25, 0.3) is 10.9 Å². The second-order valence-corrected chi connectivity index (χ2v) is 7.44. The van der Waals surface area contributed by atoms with Crippen molar-refractivity contribution in [3.63, 3.8) is 0 Å². The molecular formula is C21H18N2O4S. The van der Waals surface area contributed by atoms with Crippen molar-refractivity contribution in [3.8, 4) is 11.5 Å². The number of nitrogens with zero attached hydrogens (tertiary/aromatic N) is 1. The van der Waals surface area contributed by atoms with E-state index >= 15 is 0 Å². The lowest BCUT2D eigenvalue weighted by atomic mass is 10.1. The maximum Gasteiger partial charge on any atom is 0.234 e. The van der Waals surface area contributed by atoms with Crippen molar-refractivity contribution < 1.29 is 19.1 Å². The third kappa shape index (κ3) is 3.80. The second-order valence-electron chi connectivity index (χ2n) is 6.48. The number of fused-ring (bicyclic) bond motifs is 2. The number of pyridine rings is 1. The van der Waals surface area contributed by atoms with Crippen LogP contribution in [0, 0.1) is 6.92 Å². The summed E-state index contributed by atoms with van der Waals surface area (Å²) in [6, 6.07) is 12.7. The Morgan fingerprint density at radius 1 is 1.11 bits per heavy atom. The van der Waals surface area contributed by atoms with Crippen molar-refractivity contribution in [1.29, 1.82) is 0 Å². The van der Waals surface area contributed by atoms with Crippen molar-refractivity contribution in [2.75, 3.05) is 17.9 Å². The number of anilines is 1. The molecule has 1 aliphatic heterocycles. The molecule has 2 aromatic carbocycles. The molecule has 3 aromatic rings. The first-order valence-corrected chi connectivity index (χ1v) is 9.73. The van der Waals surface area contributed by atoms with Gasteiger partial charge in [0.1, 0.15) is 5.03 Å². The normalized spacial score (nSPS) is 12.2. The molecule has 1 aromatic heterocycles. The number of rotatable bonds is 5. The molecule has 7 heteroatoms. The average molecular weight is 394 g/mol. The predicted molar refractivity (Wildman–Crippen MR) is 108 cm³/mol. The van der Waals surface area contributed by atoms with E-state index in [-0.39, 0.29) is 24.2 Å². The summed E-state index contributed by atoms with van der Waals surface area (Å²) in [5.41, 5.74) is 3.07. The third-order valence-electron chi connectivity index (χ3n) is 4.37. The molecule has 0 spiro atoms. The Balaban J connectivity index is 1.44. The number of ether oxygens (including phenoxy) is 2. The molecule has 142 valence electrons. The van der Waals surface area contributed by atoms with Gasteiger partial charge in [0, 0.05) is 22.7 Å². The Labute approximate surface area is 166 Å². The van der Waals surface area contributed by atoms with Gasteiger partial charge in [-0.25, -0.2) is 4.98 Å². The highest BCUT2D eigenvalue weighted by Gasteiger charge is 2.16. The molecule has 2 heterocycles. The summed E-state index contributed by atoms with van der Waals surface area (Å²) in [7, 11) is 0. The third-order valence-corrected chi connectivity index (χ3v) is 5.46. The van der Waals surface area contributed by atoms with Gasteiger partial charge in [-0.1, -0.05) is 11.8 Å². The van der Waals surface area contributed by atoms with Crippen molar-refractivity contribution >= 4 is 40.0 Å².